The molecule has 9 heteroatoms. The van der Waals surface area contributed by atoms with Crippen LogP contribution in [-0.4, -0.2) is 55.8 Å². The fourth-order valence-electron chi connectivity index (χ4n) is 4.68. The number of aromatic amines is 1. The molecule has 2 N–H and O–H groups in total. The Labute approximate surface area is 210 Å². The first-order valence-electron chi connectivity index (χ1n) is 12.5. The normalized spacial score (nSPS) is 17.6. The summed E-state index contributed by atoms with van der Waals surface area (Å²) in [7, 11) is 0. The fraction of sp³-hybridized carbons (Fsp3) is 0.481. The summed E-state index contributed by atoms with van der Waals surface area (Å²) in [5, 5.41) is 12.1. The van der Waals surface area contributed by atoms with Gasteiger partial charge in [0.15, 0.2) is 5.65 Å². The number of nitrogens with zero attached hydrogens (tertiary/aromatic N) is 5. The molecule has 4 heterocycles. The third kappa shape index (κ3) is 4.81. The van der Waals surface area contributed by atoms with E-state index in [1.54, 1.807) is 23.5 Å². The first-order valence-corrected chi connectivity index (χ1v) is 12.5. The average molecular weight is 486 g/mol. The highest BCUT2D eigenvalue weighted by atomic mass is 16.2. The number of nitriles is 1. The second-order valence-corrected chi connectivity index (χ2v) is 10.9. The molecule has 2 aliphatic rings. The third-order valence-electron chi connectivity index (χ3n) is 7.15. The van der Waals surface area contributed by atoms with Gasteiger partial charge in [-0.05, 0) is 54.7 Å². The van der Waals surface area contributed by atoms with Gasteiger partial charge in [0.25, 0.3) is 5.91 Å². The summed E-state index contributed by atoms with van der Waals surface area (Å²) in [5.41, 5.74) is 3.67. The summed E-state index contributed by atoms with van der Waals surface area (Å²) in [6.07, 6.45) is 8.19. The van der Waals surface area contributed by atoms with Gasteiger partial charge in [0.2, 0.25) is 5.91 Å². The number of amides is 2. The van der Waals surface area contributed by atoms with E-state index in [4.69, 9.17) is 10.2 Å². The lowest BCUT2D eigenvalue weighted by molar-refractivity contribution is -0.135. The minimum absolute atomic E-state index is 0.000545. The molecule has 0 unspecified atom stereocenters. The zero-order valence-electron chi connectivity index (χ0n) is 20.9. The van der Waals surface area contributed by atoms with Crippen molar-refractivity contribution < 1.29 is 9.59 Å². The predicted molar refractivity (Wildman–Crippen MR) is 135 cm³/mol. The van der Waals surface area contributed by atoms with Crippen LogP contribution in [0, 0.1) is 23.2 Å². The topological polar surface area (TPSA) is 128 Å². The Morgan fingerprint density at radius 2 is 1.92 bits per heavy atom. The number of nitrogens with one attached hydrogen (secondary N) is 2. The van der Waals surface area contributed by atoms with Gasteiger partial charge >= 0.3 is 0 Å². The summed E-state index contributed by atoms with van der Waals surface area (Å²) in [4.78, 5) is 45.1. The van der Waals surface area contributed by atoms with Crippen LogP contribution in [-0.2, 0) is 10.2 Å². The maximum Gasteiger partial charge on any atom is 0.255 e. The summed E-state index contributed by atoms with van der Waals surface area (Å²) < 4.78 is 0. The van der Waals surface area contributed by atoms with Crippen molar-refractivity contribution in [3.8, 4) is 17.5 Å². The van der Waals surface area contributed by atoms with E-state index in [0.29, 0.717) is 54.0 Å². The standard InChI is InChI=1S/C27H31N7O2/c1-27(2,3)18-6-9-29-20(12-18)21-15-31-24-23(32-21)19(14-30-24)25(35)33-22(17-4-5-17)26(36)34-10-7-16(13-28)8-11-34/h6,9,12,14-17,22H,4-5,7-8,10-11H2,1-3H3,(H,30,31)(H,33,35)/t22-/m1/s1. The summed E-state index contributed by atoms with van der Waals surface area (Å²) >= 11 is 0. The van der Waals surface area contributed by atoms with Crippen molar-refractivity contribution in [2.75, 3.05) is 13.1 Å². The second kappa shape index (κ2) is 9.34. The van der Waals surface area contributed by atoms with Gasteiger partial charge < -0.3 is 15.2 Å². The van der Waals surface area contributed by atoms with E-state index in [2.05, 4.69) is 47.1 Å². The van der Waals surface area contributed by atoms with E-state index >= 15 is 0 Å². The molecule has 186 valence electrons. The van der Waals surface area contributed by atoms with Crippen molar-refractivity contribution in [2.45, 2.75) is 57.9 Å². The Balaban J connectivity index is 1.38. The number of carbonyl (C=O) groups excluding carboxylic acids is 2. The van der Waals surface area contributed by atoms with Gasteiger partial charge in [-0.3, -0.25) is 14.6 Å². The Morgan fingerprint density at radius 3 is 2.58 bits per heavy atom. The van der Waals surface area contributed by atoms with Crippen LogP contribution in [0.2, 0.25) is 0 Å². The number of carbonyl (C=O) groups is 2. The molecule has 1 atom stereocenters. The predicted octanol–water partition coefficient (Wildman–Crippen LogP) is 3.59. The van der Waals surface area contributed by atoms with Crippen molar-refractivity contribution in [1.29, 1.82) is 5.26 Å². The van der Waals surface area contributed by atoms with Gasteiger partial charge in [-0.1, -0.05) is 20.8 Å². The summed E-state index contributed by atoms with van der Waals surface area (Å²) in [6, 6.07) is 5.71. The van der Waals surface area contributed by atoms with E-state index < -0.39 is 6.04 Å². The number of aromatic nitrogens is 4. The van der Waals surface area contributed by atoms with Crippen molar-refractivity contribution in [2.24, 2.45) is 11.8 Å². The minimum Gasteiger partial charge on any atom is -0.344 e. The molecular weight excluding hydrogens is 454 g/mol. The van der Waals surface area contributed by atoms with Crippen molar-refractivity contribution >= 4 is 23.0 Å². The smallest absolute Gasteiger partial charge is 0.255 e. The lowest BCUT2D eigenvalue weighted by atomic mass is 9.87. The summed E-state index contributed by atoms with van der Waals surface area (Å²) in [6.45, 7) is 7.52. The first kappa shape index (κ1) is 23.9. The van der Waals surface area contributed by atoms with Gasteiger partial charge in [-0.2, -0.15) is 5.26 Å². The molecule has 1 saturated carbocycles. The van der Waals surface area contributed by atoms with Crippen molar-refractivity contribution in [3.05, 3.63) is 41.9 Å². The SMILES string of the molecule is CC(C)(C)c1ccnc(-c2cnc3[nH]cc(C(=O)N[C@@H](C(=O)N4CCC(C#N)CC4)C4CC4)c3n2)c1. The maximum atomic E-state index is 13.4. The third-order valence-corrected chi connectivity index (χ3v) is 7.15. The molecule has 0 radical (unpaired) electrons. The molecule has 2 fully saturated rings. The molecule has 0 bridgehead atoms. The summed E-state index contributed by atoms with van der Waals surface area (Å²) in [5.74, 6) is -0.259. The van der Waals surface area contributed by atoms with E-state index in [0.717, 1.165) is 18.4 Å². The quantitative estimate of drug-likeness (QED) is 0.568. The zero-order valence-corrected chi connectivity index (χ0v) is 20.9. The molecule has 1 aliphatic heterocycles. The van der Waals surface area contributed by atoms with Crippen LogP contribution in [0.15, 0.2) is 30.7 Å². The maximum absolute atomic E-state index is 13.4. The lowest BCUT2D eigenvalue weighted by Crippen LogP contribution is -2.51. The van der Waals surface area contributed by atoms with Crippen LogP contribution in [0.4, 0.5) is 0 Å². The van der Waals surface area contributed by atoms with E-state index in [1.165, 1.54) is 0 Å². The number of H-pyrrole nitrogens is 1. The molecule has 9 nitrogen and oxygen atoms in total. The molecule has 5 rings (SSSR count). The zero-order chi connectivity index (χ0) is 25.4. The van der Waals surface area contributed by atoms with Crippen LogP contribution >= 0.6 is 0 Å². The molecule has 3 aromatic heterocycles. The monoisotopic (exact) mass is 485 g/mol. The molecule has 3 aromatic rings. The number of pyridine rings is 1. The molecule has 0 aromatic carbocycles. The lowest BCUT2D eigenvalue weighted by Gasteiger charge is -2.32. The van der Waals surface area contributed by atoms with Gasteiger partial charge in [0, 0.05) is 31.4 Å². The Bertz CT molecular complexity index is 1340. The Morgan fingerprint density at radius 1 is 1.17 bits per heavy atom. The second-order valence-electron chi connectivity index (χ2n) is 10.9. The first-order chi connectivity index (χ1) is 17.2. The average Bonchev–Trinajstić information content (AvgIpc) is 3.64. The highest BCUT2D eigenvalue weighted by molar-refractivity contribution is 6.06. The Hall–Kier alpha value is -3.80. The fourth-order valence-corrected chi connectivity index (χ4v) is 4.68. The minimum atomic E-state index is -0.567. The number of piperidine rings is 1. The van der Waals surface area contributed by atoms with E-state index in [1.807, 2.05) is 12.1 Å². The largest absolute Gasteiger partial charge is 0.344 e. The van der Waals surface area contributed by atoms with Crippen molar-refractivity contribution in [3.63, 3.8) is 0 Å². The molecule has 1 aliphatic carbocycles. The van der Waals surface area contributed by atoms with Gasteiger partial charge in [-0.25, -0.2) is 9.97 Å². The van der Waals surface area contributed by atoms with Crippen LogP contribution in [0.5, 0.6) is 0 Å². The number of hydrogen-bond acceptors (Lipinski definition) is 6. The highest BCUT2D eigenvalue weighted by Crippen LogP contribution is 2.34. The van der Waals surface area contributed by atoms with Gasteiger partial charge in [-0.15, -0.1) is 0 Å². The van der Waals surface area contributed by atoms with Crippen LogP contribution in [0.3, 0.4) is 0 Å². The molecule has 2 amide bonds. The van der Waals surface area contributed by atoms with Gasteiger partial charge in [0.05, 0.1) is 23.5 Å². The molecular formula is C27H31N7O2. The Kier molecular flexibility index (Phi) is 6.20. The van der Waals surface area contributed by atoms with Crippen LogP contribution < -0.4 is 5.32 Å². The molecule has 0 spiro atoms. The van der Waals surface area contributed by atoms with Crippen LogP contribution in [0.1, 0.15) is 62.4 Å². The van der Waals surface area contributed by atoms with Gasteiger partial charge in [0.1, 0.15) is 17.3 Å². The number of rotatable bonds is 5. The van der Waals surface area contributed by atoms with Crippen LogP contribution in [0.25, 0.3) is 22.6 Å². The van der Waals surface area contributed by atoms with Crippen molar-refractivity contribution in [1.82, 2.24) is 30.2 Å². The highest BCUT2D eigenvalue weighted by Gasteiger charge is 2.40. The van der Waals surface area contributed by atoms with E-state index in [-0.39, 0.29) is 29.1 Å². The number of fused-ring (bicyclic) bond motifs is 1. The molecule has 1 saturated heterocycles. The van der Waals surface area contributed by atoms with E-state index in [9.17, 15) is 9.59 Å². The number of likely N-dealkylation sites (tertiary alicyclic amines) is 1. The number of hydrogen-bond donors (Lipinski definition) is 2. The molecule has 36 heavy (non-hydrogen) atoms.